The van der Waals surface area contributed by atoms with Crippen LogP contribution < -0.4 is 15.5 Å². The Labute approximate surface area is 165 Å². The van der Waals surface area contributed by atoms with E-state index in [1.807, 2.05) is 4.90 Å². The fourth-order valence-corrected chi connectivity index (χ4v) is 3.21. The number of nitrogens with one attached hydrogen (secondary N) is 2. The molecule has 1 aliphatic heterocycles. The number of aryl methyl sites for hydroxylation is 1. The number of nitrogens with zero attached hydrogens (tertiary/aromatic N) is 3. The van der Waals surface area contributed by atoms with Crippen LogP contribution in [0.1, 0.15) is 34.8 Å². The third kappa shape index (κ3) is 5.01. The Kier molecular flexibility index (Phi) is 5.71. The highest BCUT2D eigenvalue weighted by Crippen LogP contribution is 2.32. The molecule has 29 heavy (non-hydrogen) atoms. The minimum Gasteiger partial charge on any atom is -0.354 e. The Morgan fingerprint density at radius 1 is 1.24 bits per heavy atom. The van der Waals surface area contributed by atoms with Gasteiger partial charge >= 0.3 is 6.18 Å². The van der Waals surface area contributed by atoms with Crippen molar-refractivity contribution in [3.05, 3.63) is 47.3 Å². The van der Waals surface area contributed by atoms with Crippen LogP contribution in [0.25, 0.3) is 0 Å². The van der Waals surface area contributed by atoms with Gasteiger partial charge in [0.15, 0.2) is 0 Å². The Hall–Kier alpha value is -3.17. The van der Waals surface area contributed by atoms with Gasteiger partial charge in [0.05, 0.1) is 5.56 Å². The molecule has 0 bridgehead atoms. The molecule has 2 aromatic rings. The number of amides is 2. The lowest BCUT2D eigenvalue weighted by Gasteiger charge is -2.21. The molecule has 1 fully saturated rings. The standard InChI is InChI=1S/C19H20F3N5O2/c1-11-7-14(19(20,21)22)9-24-17(11)27-6-4-15(10-27)26-18(29)13-3-5-23-16(8-13)25-12(2)28/h3,5,7-9,15H,4,6,10H2,1-2H3,(H,26,29)(H,23,25,28). The summed E-state index contributed by atoms with van der Waals surface area (Å²) in [6.45, 7) is 3.94. The second-order valence-electron chi connectivity index (χ2n) is 6.88. The maximum absolute atomic E-state index is 12.8. The van der Waals surface area contributed by atoms with E-state index in [2.05, 4.69) is 20.6 Å². The number of hydrogen-bond acceptors (Lipinski definition) is 5. The van der Waals surface area contributed by atoms with Gasteiger partial charge in [-0.15, -0.1) is 0 Å². The van der Waals surface area contributed by atoms with Crippen molar-refractivity contribution in [2.75, 3.05) is 23.3 Å². The van der Waals surface area contributed by atoms with Gasteiger partial charge in [-0.05, 0) is 37.1 Å². The summed E-state index contributed by atoms with van der Waals surface area (Å²) in [6.07, 6.45) is -1.54. The highest BCUT2D eigenvalue weighted by Gasteiger charge is 2.32. The maximum atomic E-state index is 12.8. The van der Waals surface area contributed by atoms with Crippen LogP contribution in [-0.4, -0.2) is 40.9 Å². The molecule has 0 aromatic carbocycles. The molecule has 0 radical (unpaired) electrons. The van der Waals surface area contributed by atoms with Crippen molar-refractivity contribution < 1.29 is 22.8 Å². The molecule has 0 spiro atoms. The molecule has 2 N–H and O–H groups in total. The van der Waals surface area contributed by atoms with E-state index in [0.29, 0.717) is 36.5 Å². The second kappa shape index (κ2) is 8.06. The lowest BCUT2D eigenvalue weighted by atomic mass is 10.2. The Morgan fingerprint density at radius 3 is 2.66 bits per heavy atom. The minimum atomic E-state index is -4.43. The van der Waals surface area contributed by atoms with E-state index in [9.17, 15) is 22.8 Å². The van der Waals surface area contributed by atoms with Crippen molar-refractivity contribution >= 4 is 23.5 Å². The highest BCUT2D eigenvalue weighted by atomic mass is 19.4. The zero-order valence-corrected chi connectivity index (χ0v) is 15.9. The average molecular weight is 407 g/mol. The number of halogens is 3. The van der Waals surface area contributed by atoms with Gasteiger partial charge in [-0.25, -0.2) is 9.97 Å². The fraction of sp³-hybridized carbons (Fsp3) is 0.368. The number of carbonyl (C=O) groups excluding carboxylic acids is 2. The van der Waals surface area contributed by atoms with Crippen LogP contribution in [0.5, 0.6) is 0 Å². The number of hydrogen-bond donors (Lipinski definition) is 2. The molecular weight excluding hydrogens is 387 g/mol. The number of alkyl halides is 3. The first-order chi connectivity index (χ1) is 13.6. The molecule has 0 saturated carbocycles. The zero-order chi connectivity index (χ0) is 21.2. The lowest BCUT2D eigenvalue weighted by molar-refractivity contribution is -0.137. The lowest BCUT2D eigenvalue weighted by Crippen LogP contribution is -2.37. The van der Waals surface area contributed by atoms with Crippen LogP contribution in [-0.2, 0) is 11.0 Å². The summed E-state index contributed by atoms with van der Waals surface area (Å²) < 4.78 is 38.4. The summed E-state index contributed by atoms with van der Waals surface area (Å²) in [5, 5.41) is 5.42. The van der Waals surface area contributed by atoms with Gasteiger partial charge in [-0.3, -0.25) is 9.59 Å². The van der Waals surface area contributed by atoms with Crippen molar-refractivity contribution in [3.8, 4) is 0 Å². The molecule has 10 heteroatoms. The first kappa shape index (κ1) is 20.6. The van der Waals surface area contributed by atoms with E-state index in [1.165, 1.54) is 25.3 Å². The summed E-state index contributed by atoms with van der Waals surface area (Å²) in [6, 6.07) is 3.91. The van der Waals surface area contributed by atoms with Gasteiger partial charge in [-0.1, -0.05) is 0 Å². The molecule has 2 amide bonds. The Morgan fingerprint density at radius 2 is 2.00 bits per heavy atom. The summed E-state index contributed by atoms with van der Waals surface area (Å²) in [4.78, 5) is 33.4. The summed E-state index contributed by atoms with van der Waals surface area (Å²) in [5.74, 6) is 0.151. The molecule has 154 valence electrons. The number of anilines is 2. The maximum Gasteiger partial charge on any atom is 0.417 e. The van der Waals surface area contributed by atoms with Gasteiger partial charge in [0.25, 0.3) is 5.91 Å². The van der Waals surface area contributed by atoms with E-state index in [4.69, 9.17) is 0 Å². The number of aromatic nitrogens is 2. The van der Waals surface area contributed by atoms with Gasteiger partial charge in [0.2, 0.25) is 5.91 Å². The van der Waals surface area contributed by atoms with Crippen LogP contribution >= 0.6 is 0 Å². The number of rotatable bonds is 4. The van der Waals surface area contributed by atoms with Crippen LogP contribution in [0.3, 0.4) is 0 Å². The van der Waals surface area contributed by atoms with Crippen LogP contribution in [0, 0.1) is 6.92 Å². The van der Waals surface area contributed by atoms with E-state index < -0.39 is 11.7 Å². The van der Waals surface area contributed by atoms with Crippen molar-refractivity contribution in [2.24, 2.45) is 0 Å². The highest BCUT2D eigenvalue weighted by molar-refractivity contribution is 5.96. The summed E-state index contributed by atoms with van der Waals surface area (Å²) in [5.41, 5.74) is 0.00220. The van der Waals surface area contributed by atoms with E-state index in [-0.39, 0.29) is 23.7 Å². The molecule has 3 rings (SSSR count). The molecule has 2 aromatic heterocycles. The van der Waals surface area contributed by atoms with Crippen LogP contribution in [0.15, 0.2) is 30.6 Å². The van der Waals surface area contributed by atoms with Crippen molar-refractivity contribution in [3.63, 3.8) is 0 Å². The molecule has 1 unspecified atom stereocenters. The monoisotopic (exact) mass is 407 g/mol. The van der Waals surface area contributed by atoms with Gasteiger partial charge in [0, 0.05) is 44.0 Å². The topological polar surface area (TPSA) is 87.2 Å². The first-order valence-corrected chi connectivity index (χ1v) is 8.97. The SMILES string of the molecule is CC(=O)Nc1cc(C(=O)NC2CCN(c3ncc(C(F)(F)F)cc3C)C2)ccn1. The molecule has 1 aliphatic rings. The minimum absolute atomic E-state index is 0.177. The molecule has 7 nitrogen and oxygen atoms in total. The smallest absolute Gasteiger partial charge is 0.354 e. The van der Waals surface area contributed by atoms with E-state index in [0.717, 1.165) is 12.3 Å². The third-order valence-corrected chi connectivity index (χ3v) is 4.53. The molecule has 3 heterocycles. The van der Waals surface area contributed by atoms with Crippen molar-refractivity contribution in [2.45, 2.75) is 32.5 Å². The van der Waals surface area contributed by atoms with E-state index >= 15 is 0 Å². The van der Waals surface area contributed by atoms with Gasteiger partial charge < -0.3 is 15.5 Å². The normalized spacial score (nSPS) is 16.6. The second-order valence-corrected chi connectivity index (χ2v) is 6.88. The number of pyridine rings is 2. The fourth-order valence-electron chi connectivity index (χ4n) is 3.21. The molecule has 0 aliphatic carbocycles. The Balaban J connectivity index is 1.64. The predicted molar refractivity (Wildman–Crippen MR) is 101 cm³/mol. The van der Waals surface area contributed by atoms with Gasteiger partial charge in [-0.2, -0.15) is 13.2 Å². The van der Waals surface area contributed by atoms with Gasteiger partial charge in [0.1, 0.15) is 11.6 Å². The van der Waals surface area contributed by atoms with Crippen molar-refractivity contribution in [1.82, 2.24) is 15.3 Å². The Bertz CT molecular complexity index is 932. The van der Waals surface area contributed by atoms with Crippen LogP contribution in [0.2, 0.25) is 0 Å². The van der Waals surface area contributed by atoms with Crippen molar-refractivity contribution in [1.29, 1.82) is 0 Å². The molecule has 1 saturated heterocycles. The largest absolute Gasteiger partial charge is 0.417 e. The molecular formula is C19H20F3N5O2. The summed E-state index contributed by atoms with van der Waals surface area (Å²) in [7, 11) is 0. The predicted octanol–water partition coefficient (Wildman–Crippen LogP) is 2.77. The first-order valence-electron chi connectivity index (χ1n) is 8.97. The number of carbonyl (C=O) groups is 2. The van der Waals surface area contributed by atoms with Crippen LogP contribution in [0.4, 0.5) is 24.8 Å². The third-order valence-electron chi connectivity index (χ3n) is 4.53. The summed E-state index contributed by atoms with van der Waals surface area (Å²) >= 11 is 0. The van der Waals surface area contributed by atoms with E-state index in [1.54, 1.807) is 6.92 Å². The molecule has 1 atom stereocenters. The average Bonchev–Trinajstić information content (AvgIpc) is 3.08. The zero-order valence-electron chi connectivity index (χ0n) is 15.9. The quantitative estimate of drug-likeness (QED) is 0.814.